The summed E-state index contributed by atoms with van der Waals surface area (Å²) in [6.45, 7) is 3.35. The Morgan fingerprint density at radius 1 is 0.840 bits per heavy atom. The van der Waals surface area contributed by atoms with Gasteiger partial charge < -0.3 is 4.74 Å². The summed E-state index contributed by atoms with van der Waals surface area (Å²) in [5, 5.41) is 22.6. The van der Waals surface area contributed by atoms with Crippen LogP contribution in [0.2, 0.25) is 0 Å². The Morgan fingerprint density at radius 2 is 1.20 bits per heavy atom. The lowest BCUT2D eigenvalue weighted by Gasteiger charge is -2.20. The van der Waals surface area contributed by atoms with E-state index < -0.39 is 22.1 Å². The first kappa shape index (κ1) is 19.5. The Labute approximate surface area is 160 Å². The molecule has 0 aliphatic carbocycles. The maximum atomic E-state index is 11.3. The molecule has 7 nitrogen and oxygen atoms in total. The summed E-state index contributed by atoms with van der Waals surface area (Å²) in [7, 11) is 0. The topological polar surface area (TPSA) is 95.5 Å². The Kier molecular flexibility index (Phi) is 6.26. The number of rotatable bonds is 6. The van der Waals surface area contributed by atoms with Gasteiger partial charge in [-0.25, -0.2) is 0 Å². The SMILES string of the molecule is CC(OC(C)c1cccc(Br)c1[N+](=O)[O-])c1cccc(Br)c1[N+](=O)[O-]. The van der Waals surface area contributed by atoms with E-state index in [1.165, 1.54) is 0 Å². The molecule has 132 valence electrons. The van der Waals surface area contributed by atoms with Crippen LogP contribution in [0.15, 0.2) is 45.3 Å². The molecule has 0 saturated carbocycles. The van der Waals surface area contributed by atoms with Gasteiger partial charge in [-0.05, 0) is 70.0 Å². The van der Waals surface area contributed by atoms with Crippen LogP contribution in [-0.4, -0.2) is 9.85 Å². The van der Waals surface area contributed by atoms with Gasteiger partial charge in [-0.2, -0.15) is 0 Å². The van der Waals surface area contributed by atoms with Crippen molar-refractivity contribution in [2.24, 2.45) is 0 Å². The molecular weight excluding hydrogens is 460 g/mol. The molecule has 0 spiro atoms. The lowest BCUT2D eigenvalue weighted by Crippen LogP contribution is -2.09. The summed E-state index contributed by atoms with van der Waals surface area (Å²) in [6.07, 6.45) is -1.27. The van der Waals surface area contributed by atoms with Gasteiger partial charge in [0.05, 0.1) is 42.1 Å². The van der Waals surface area contributed by atoms with Crippen LogP contribution in [0.5, 0.6) is 0 Å². The molecular formula is C16H14Br2N2O5. The van der Waals surface area contributed by atoms with E-state index in [4.69, 9.17) is 4.74 Å². The van der Waals surface area contributed by atoms with Crippen LogP contribution in [0.4, 0.5) is 11.4 Å². The molecule has 2 unspecified atom stereocenters. The molecule has 0 saturated heterocycles. The van der Waals surface area contributed by atoms with Crippen LogP contribution in [0.1, 0.15) is 37.2 Å². The quantitative estimate of drug-likeness (QED) is 0.386. The summed E-state index contributed by atoms with van der Waals surface area (Å²) in [5.41, 5.74) is 0.629. The second-order valence-electron chi connectivity index (χ2n) is 5.29. The molecule has 0 aromatic heterocycles. The first-order valence-electron chi connectivity index (χ1n) is 7.25. The van der Waals surface area contributed by atoms with Gasteiger partial charge in [-0.1, -0.05) is 12.1 Å². The molecule has 0 bridgehead atoms. The standard InChI is InChI=1S/C16H14Br2N2O5/c1-9(11-5-3-7-13(17)15(11)19(21)22)25-10(2)12-6-4-8-14(18)16(12)20(23)24/h3-10H,1-2H3. The maximum absolute atomic E-state index is 11.3. The van der Waals surface area contributed by atoms with Gasteiger partial charge in [-0.15, -0.1) is 0 Å². The van der Waals surface area contributed by atoms with E-state index in [0.29, 0.717) is 20.1 Å². The fraction of sp³-hybridized carbons (Fsp3) is 0.250. The van der Waals surface area contributed by atoms with E-state index in [1.807, 2.05) is 0 Å². The van der Waals surface area contributed by atoms with Crippen molar-refractivity contribution in [3.05, 3.63) is 76.7 Å². The minimum atomic E-state index is -0.633. The van der Waals surface area contributed by atoms with Crippen molar-refractivity contribution < 1.29 is 14.6 Å². The van der Waals surface area contributed by atoms with E-state index in [0.717, 1.165) is 0 Å². The Morgan fingerprint density at radius 3 is 1.52 bits per heavy atom. The number of nitro benzene ring substituents is 2. The molecule has 0 heterocycles. The van der Waals surface area contributed by atoms with E-state index in [9.17, 15) is 20.2 Å². The highest BCUT2D eigenvalue weighted by Gasteiger charge is 2.27. The maximum Gasteiger partial charge on any atom is 0.289 e. The van der Waals surface area contributed by atoms with Crippen LogP contribution in [0.3, 0.4) is 0 Å². The van der Waals surface area contributed by atoms with Crippen molar-refractivity contribution in [3.63, 3.8) is 0 Å². The zero-order chi connectivity index (χ0) is 18.7. The molecule has 0 fully saturated rings. The molecule has 2 rings (SSSR count). The van der Waals surface area contributed by atoms with Crippen LogP contribution in [-0.2, 0) is 4.74 Å². The molecule has 0 aliphatic rings. The number of hydrogen-bond donors (Lipinski definition) is 0. The number of hydrogen-bond acceptors (Lipinski definition) is 5. The minimum absolute atomic E-state index is 0.0778. The monoisotopic (exact) mass is 472 g/mol. The molecule has 2 atom stereocenters. The summed E-state index contributed by atoms with van der Waals surface area (Å²) in [5.74, 6) is 0. The second kappa shape index (κ2) is 8.03. The van der Waals surface area contributed by atoms with Gasteiger partial charge in [-0.3, -0.25) is 20.2 Å². The van der Waals surface area contributed by atoms with Crippen LogP contribution in [0.25, 0.3) is 0 Å². The third-order valence-electron chi connectivity index (χ3n) is 3.69. The molecule has 0 N–H and O–H groups in total. The number of nitrogens with zero attached hydrogens (tertiary/aromatic N) is 2. The van der Waals surface area contributed by atoms with Crippen LogP contribution < -0.4 is 0 Å². The number of halogens is 2. The minimum Gasteiger partial charge on any atom is -0.366 e. The molecule has 0 radical (unpaired) electrons. The van der Waals surface area contributed by atoms with Crippen LogP contribution in [0, 0.1) is 20.2 Å². The summed E-state index contributed by atoms with van der Waals surface area (Å²) in [4.78, 5) is 21.7. The molecule has 25 heavy (non-hydrogen) atoms. The number of nitro groups is 2. The molecule has 9 heteroatoms. The zero-order valence-electron chi connectivity index (χ0n) is 13.3. The van der Waals surface area contributed by atoms with Gasteiger partial charge >= 0.3 is 0 Å². The number of para-hydroxylation sites is 2. The lowest BCUT2D eigenvalue weighted by atomic mass is 10.1. The summed E-state index contributed by atoms with van der Waals surface area (Å²) < 4.78 is 6.57. The fourth-order valence-electron chi connectivity index (χ4n) is 2.56. The largest absolute Gasteiger partial charge is 0.366 e. The second-order valence-corrected chi connectivity index (χ2v) is 7.00. The Bertz CT molecular complexity index is 761. The lowest BCUT2D eigenvalue weighted by molar-refractivity contribution is -0.387. The highest BCUT2D eigenvalue weighted by atomic mass is 79.9. The smallest absolute Gasteiger partial charge is 0.289 e. The normalized spacial score (nSPS) is 13.3. The fourth-order valence-corrected chi connectivity index (χ4v) is 3.61. The van der Waals surface area contributed by atoms with E-state index in [2.05, 4.69) is 31.9 Å². The third kappa shape index (κ3) is 4.23. The van der Waals surface area contributed by atoms with E-state index in [1.54, 1.807) is 50.2 Å². The van der Waals surface area contributed by atoms with Gasteiger partial charge in [0, 0.05) is 0 Å². The van der Waals surface area contributed by atoms with Gasteiger partial charge in [0.15, 0.2) is 0 Å². The summed E-state index contributed by atoms with van der Waals surface area (Å²) in [6, 6.07) is 9.73. The first-order chi connectivity index (χ1) is 11.7. The average molecular weight is 474 g/mol. The van der Waals surface area contributed by atoms with E-state index in [-0.39, 0.29) is 11.4 Å². The molecule has 2 aromatic carbocycles. The summed E-state index contributed by atoms with van der Waals surface area (Å²) >= 11 is 6.35. The van der Waals surface area contributed by atoms with Crippen molar-refractivity contribution in [1.29, 1.82) is 0 Å². The average Bonchev–Trinajstić information content (AvgIpc) is 2.53. The van der Waals surface area contributed by atoms with Crippen molar-refractivity contribution in [1.82, 2.24) is 0 Å². The van der Waals surface area contributed by atoms with E-state index >= 15 is 0 Å². The predicted molar refractivity (Wildman–Crippen MR) is 99.5 cm³/mol. The molecule has 0 aliphatic heterocycles. The first-order valence-corrected chi connectivity index (χ1v) is 8.83. The van der Waals surface area contributed by atoms with Crippen molar-refractivity contribution >= 4 is 43.2 Å². The van der Waals surface area contributed by atoms with Gasteiger partial charge in [0.2, 0.25) is 0 Å². The molecule has 2 aromatic rings. The van der Waals surface area contributed by atoms with Crippen molar-refractivity contribution in [3.8, 4) is 0 Å². The van der Waals surface area contributed by atoms with Crippen molar-refractivity contribution in [2.75, 3.05) is 0 Å². The highest BCUT2D eigenvalue weighted by Crippen LogP contribution is 2.39. The van der Waals surface area contributed by atoms with Gasteiger partial charge in [0.25, 0.3) is 11.4 Å². The Balaban J connectivity index is 2.36. The van der Waals surface area contributed by atoms with Gasteiger partial charge in [0.1, 0.15) is 0 Å². The number of benzene rings is 2. The zero-order valence-corrected chi connectivity index (χ0v) is 16.5. The predicted octanol–water partition coefficient (Wildman–Crippen LogP) is 5.87. The molecule has 0 amide bonds. The van der Waals surface area contributed by atoms with Crippen molar-refractivity contribution in [2.45, 2.75) is 26.1 Å². The highest BCUT2D eigenvalue weighted by molar-refractivity contribution is 9.11. The van der Waals surface area contributed by atoms with Crippen LogP contribution >= 0.6 is 31.9 Å². The number of ether oxygens (including phenoxy) is 1. The Hall–Kier alpha value is -1.84. The third-order valence-corrected chi connectivity index (χ3v) is 4.97.